The predicted molar refractivity (Wildman–Crippen MR) is 78.6 cm³/mol. The molecule has 0 aromatic carbocycles. The van der Waals surface area contributed by atoms with Crippen LogP contribution in [-0.2, 0) is 9.53 Å². The third kappa shape index (κ3) is 6.08. The number of carbonyl (C=O) groups is 2. The van der Waals surface area contributed by atoms with Gasteiger partial charge in [0.2, 0.25) is 0 Å². The number of hydrogen-bond donors (Lipinski definition) is 1. The fraction of sp³-hybridized carbons (Fsp3) is 0.733. The molecule has 0 spiro atoms. The number of aliphatic carboxylic acids is 1. The number of carboxylic acid groups (broad SMARTS) is 1. The zero-order chi connectivity index (χ0) is 16.1. The molecule has 5 nitrogen and oxygen atoms in total. The molecule has 20 heavy (non-hydrogen) atoms. The first kappa shape index (κ1) is 18.5. The van der Waals surface area contributed by atoms with Crippen LogP contribution in [0.15, 0.2) is 11.6 Å². The van der Waals surface area contributed by atoms with E-state index < -0.39 is 17.7 Å². The highest BCUT2D eigenvalue weighted by Crippen LogP contribution is 2.18. The van der Waals surface area contributed by atoms with Gasteiger partial charge in [-0.25, -0.2) is 9.59 Å². The molecule has 0 radical (unpaired) electrons. The highest BCUT2D eigenvalue weighted by atomic mass is 16.6. The molecule has 0 aromatic rings. The van der Waals surface area contributed by atoms with Crippen LogP contribution in [0.1, 0.15) is 48.0 Å². The lowest BCUT2D eigenvalue weighted by molar-refractivity contribution is -0.132. The van der Waals surface area contributed by atoms with Crippen molar-refractivity contribution < 1.29 is 19.4 Å². The minimum absolute atomic E-state index is 0.0911. The van der Waals surface area contributed by atoms with Crippen molar-refractivity contribution in [1.82, 2.24) is 4.90 Å². The van der Waals surface area contributed by atoms with Crippen LogP contribution < -0.4 is 0 Å². The van der Waals surface area contributed by atoms with E-state index in [2.05, 4.69) is 0 Å². The minimum Gasteiger partial charge on any atom is -0.478 e. The lowest BCUT2D eigenvalue weighted by atomic mass is 9.99. The molecule has 0 saturated heterocycles. The number of hydrogen-bond acceptors (Lipinski definition) is 3. The Morgan fingerprint density at radius 3 is 2.10 bits per heavy atom. The molecule has 0 heterocycles. The third-order valence-electron chi connectivity index (χ3n) is 2.84. The van der Waals surface area contributed by atoms with Gasteiger partial charge in [-0.2, -0.15) is 0 Å². The smallest absolute Gasteiger partial charge is 0.410 e. The lowest BCUT2D eigenvalue weighted by Gasteiger charge is -2.31. The van der Waals surface area contributed by atoms with Crippen molar-refractivity contribution >= 4 is 12.1 Å². The van der Waals surface area contributed by atoms with Gasteiger partial charge in [0.15, 0.2) is 0 Å². The van der Waals surface area contributed by atoms with Gasteiger partial charge in [0.05, 0.1) is 6.04 Å². The van der Waals surface area contributed by atoms with E-state index in [0.717, 1.165) is 0 Å². The van der Waals surface area contributed by atoms with E-state index in [1.165, 1.54) is 4.90 Å². The SMILES string of the molecule is CCC(=C[C@H](C(C)C)N(C)C(=O)OC(C)(C)C)C(=O)O. The van der Waals surface area contributed by atoms with Gasteiger partial charge in [-0.15, -0.1) is 0 Å². The van der Waals surface area contributed by atoms with Crippen molar-refractivity contribution in [2.24, 2.45) is 5.92 Å². The van der Waals surface area contributed by atoms with Crippen molar-refractivity contribution in [3.05, 3.63) is 11.6 Å². The maximum atomic E-state index is 12.1. The molecule has 0 fully saturated rings. The summed E-state index contributed by atoms with van der Waals surface area (Å²) in [4.78, 5) is 24.6. The van der Waals surface area contributed by atoms with E-state index in [1.807, 2.05) is 13.8 Å². The van der Waals surface area contributed by atoms with E-state index in [4.69, 9.17) is 9.84 Å². The zero-order valence-electron chi connectivity index (χ0n) is 13.6. The van der Waals surface area contributed by atoms with Crippen LogP contribution in [0.4, 0.5) is 4.79 Å². The van der Waals surface area contributed by atoms with Gasteiger partial charge in [-0.3, -0.25) is 0 Å². The largest absolute Gasteiger partial charge is 0.478 e. The summed E-state index contributed by atoms with van der Waals surface area (Å²) in [5.74, 6) is -0.857. The van der Waals surface area contributed by atoms with Gasteiger partial charge in [0.25, 0.3) is 0 Å². The summed E-state index contributed by atoms with van der Waals surface area (Å²) < 4.78 is 5.32. The Morgan fingerprint density at radius 2 is 1.80 bits per heavy atom. The summed E-state index contributed by atoms with van der Waals surface area (Å²) in [5, 5.41) is 9.11. The summed E-state index contributed by atoms with van der Waals surface area (Å²) in [6.45, 7) is 11.1. The molecule has 1 N–H and O–H groups in total. The standard InChI is InChI=1S/C15H27NO4/c1-8-11(13(17)18)9-12(10(2)3)16(7)14(19)20-15(4,5)6/h9-10,12H,8H2,1-7H3,(H,17,18)/t12-/m1/s1. The lowest BCUT2D eigenvalue weighted by Crippen LogP contribution is -2.42. The van der Waals surface area contributed by atoms with Crippen LogP contribution in [0, 0.1) is 5.92 Å². The summed E-state index contributed by atoms with van der Waals surface area (Å²) in [7, 11) is 1.63. The Morgan fingerprint density at radius 1 is 1.30 bits per heavy atom. The molecule has 0 aliphatic heterocycles. The quantitative estimate of drug-likeness (QED) is 0.787. The molecular formula is C15H27NO4. The minimum atomic E-state index is -0.948. The van der Waals surface area contributed by atoms with Crippen molar-refractivity contribution in [2.45, 2.75) is 59.6 Å². The Bertz CT molecular complexity index is 380. The first-order valence-corrected chi connectivity index (χ1v) is 6.89. The van der Waals surface area contributed by atoms with Crippen LogP contribution in [-0.4, -0.2) is 40.8 Å². The van der Waals surface area contributed by atoms with Gasteiger partial charge in [-0.05, 0) is 33.1 Å². The normalized spacial score (nSPS) is 14.1. The van der Waals surface area contributed by atoms with Gasteiger partial charge >= 0.3 is 12.1 Å². The molecule has 0 saturated carbocycles. The monoisotopic (exact) mass is 285 g/mol. The number of carbonyl (C=O) groups excluding carboxylic acids is 1. The number of rotatable bonds is 5. The maximum absolute atomic E-state index is 12.1. The molecule has 0 aromatic heterocycles. The molecule has 0 bridgehead atoms. The second kappa shape index (κ2) is 7.31. The van der Waals surface area contributed by atoms with E-state index in [-0.39, 0.29) is 12.0 Å². The van der Waals surface area contributed by atoms with Crippen molar-refractivity contribution in [2.75, 3.05) is 7.05 Å². The number of carboxylic acids is 1. The molecule has 116 valence electrons. The number of amides is 1. The molecule has 1 amide bonds. The van der Waals surface area contributed by atoms with Crippen molar-refractivity contribution in [3.8, 4) is 0 Å². The highest BCUT2D eigenvalue weighted by molar-refractivity contribution is 5.86. The Kier molecular flexibility index (Phi) is 6.76. The van der Waals surface area contributed by atoms with Crippen LogP contribution >= 0.6 is 0 Å². The molecule has 0 rings (SSSR count). The maximum Gasteiger partial charge on any atom is 0.410 e. The summed E-state index contributed by atoms with van der Waals surface area (Å²) >= 11 is 0. The van der Waals surface area contributed by atoms with E-state index in [0.29, 0.717) is 12.0 Å². The van der Waals surface area contributed by atoms with E-state index >= 15 is 0 Å². The second-order valence-electron chi connectivity index (χ2n) is 6.18. The predicted octanol–water partition coefficient (Wildman–Crippen LogP) is 3.30. The molecule has 5 heteroatoms. The topological polar surface area (TPSA) is 66.8 Å². The van der Waals surface area contributed by atoms with Gasteiger partial charge in [0, 0.05) is 12.6 Å². The zero-order valence-corrected chi connectivity index (χ0v) is 13.6. The summed E-state index contributed by atoms with van der Waals surface area (Å²) in [6.07, 6.45) is 1.60. The average Bonchev–Trinajstić information content (AvgIpc) is 2.26. The van der Waals surface area contributed by atoms with Crippen LogP contribution in [0.3, 0.4) is 0 Å². The molecular weight excluding hydrogens is 258 g/mol. The Balaban J connectivity index is 5.19. The van der Waals surface area contributed by atoms with Crippen LogP contribution in [0.25, 0.3) is 0 Å². The molecule has 0 aliphatic rings. The third-order valence-corrected chi connectivity index (χ3v) is 2.84. The van der Waals surface area contributed by atoms with Crippen molar-refractivity contribution in [1.29, 1.82) is 0 Å². The average molecular weight is 285 g/mol. The van der Waals surface area contributed by atoms with E-state index in [1.54, 1.807) is 40.8 Å². The van der Waals surface area contributed by atoms with E-state index in [9.17, 15) is 9.59 Å². The van der Waals surface area contributed by atoms with Gasteiger partial charge in [0.1, 0.15) is 5.60 Å². The Labute approximate surface area is 121 Å². The van der Waals surface area contributed by atoms with Gasteiger partial charge < -0.3 is 14.7 Å². The first-order valence-electron chi connectivity index (χ1n) is 6.89. The number of ether oxygens (including phenoxy) is 1. The number of likely N-dealkylation sites (N-methyl/N-ethyl adjacent to an activating group) is 1. The molecule has 0 unspecified atom stereocenters. The van der Waals surface area contributed by atoms with Crippen molar-refractivity contribution in [3.63, 3.8) is 0 Å². The summed E-state index contributed by atoms with van der Waals surface area (Å²) in [6, 6.07) is -0.309. The highest BCUT2D eigenvalue weighted by Gasteiger charge is 2.26. The molecule has 1 atom stereocenters. The molecule has 0 aliphatic carbocycles. The van der Waals surface area contributed by atoms with Crippen LogP contribution in [0.2, 0.25) is 0 Å². The first-order chi connectivity index (χ1) is 8.99. The fourth-order valence-corrected chi connectivity index (χ4v) is 1.75. The second-order valence-corrected chi connectivity index (χ2v) is 6.18. The fourth-order valence-electron chi connectivity index (χ4n) is 1.75. The van der Waals surface area contributed by atoms with Gasteiger partial charge in [-0.1, -0.05) is 26.8 Å². The Hall–Kier alpha value is -1.52. The van der Waals surface area contributed by atoms with Crippen LogP contribution in [0.5, 0.6) is 0 Å². The summed E-state index contributed by atoms with van der Waals surface area (Å²) in [5.41, 5.74) is -0.268. The number of nitrogens with zero attached hydrogens (tertiary/aromatic N) is 1.